The average molecular weight is 208 g/mol. The molecule has 0 saturated heterocycles. The zero-order chi connectivity index (χ0) is 11.3. The molecule has 0 radical (unpaired) electrons. The summed E-state index contributed by atoms with van der Waals surface area (Å²) in [5, 5.41) is 0. The smallest absolute Gasteiger partial charge is 0.297 e. The highest BCUT2D eigenvalue weighted by molar-refractivity contribution is 5.71. The topological polar surface area (TPSA) is 35.5 Å². The van der Waals surface area contributed by atoms with E-state index in [9.17, 15) is 4.79 Å². The molecule has 0 bridgehead atoms. The van der Waals surface area contributed by atoms with E-state index in [0.717, 1.165) is 5.56 Å². The summed E-state index contributed by atoms with van der Waals surface area (Å²) in [6.07, 6.45) is 0.233. The van der Waals surface area contributed by atoms with E-state index in [0.29, 0.717) is 0 Å². The second kappa shape index (κ2) is 4.94. The number of hydrogen-bond acceptors (Lipinski definition) is 3. The van der Waals surface area contributed by atoms with Crippen molar-refractivity contribution in [3.63, 3.8) is 0 Å². The summed E-state index contributed by atoms with van der Waals surface area (Å²) >= 11 is 0. The Morgan fingerprint density at radius 1 is 1.20 bits per heavy atom. The Bertz CT molecular complexity index is 311. The zero-order valence-corrected chi connectivity index (χ0v) is 9.32. The van der Waals surface area contributed by atoms with Gasteiger partial charge in [0.1, 0.15) is 5.60 Å². The van der Waals surface area contributed by atoms with Gasteiger partial charge in [-0.25, -0.2) is 4.79 Å². The molecule has 0 saturated carbocycles. The molecule has 82 valence electrons. The number of hydrogen-bond donors (Lipinski definition) is 0. The minimum atomic E-state index is -0.466. The van der Waals surface area contributed by atoms with Gasteiger partial charge in [-0.3, -0.25) is 4.89 Å². The van der Waals surface area contributed by atoms with Crippen LogP contribution in [-0.4, -0.2) is 11.6 Å². The third-order valence-corrected chi connectivity index (χ3v) is 1.58. The quantitative estimate of drug-likeness (QED) is 0.565. The van der Waals surface area contributed by atoms with Crippen molar-refractivity contribution in [3.8, 4) is 0 Å². The third-order valence-electron chi connectivity index (χ3n) is 1.58. The first-order chi connectivity index (χ1) is 6.97. The largest absolute Gasteiger partial charge is 0.346 e. The van der Waals surface area contributed by atoms with Crippen LogP contribution in [0.5, 0.6) is 0 Å². The molecule has 15 heavy (non-hydrogen) atoms. The SMILES string of the molecule is CC(C)(C)OOC(=O)Cc1ccccc1. The first-order valence-electron chi connectivity index (χ1n) is 4.90. The van der Waals surface area contributed by atoms with Crippen LogP contribution in [0.4, 0.5) is 0 Å². The van der Waals surface area contributed by atoms with Crippen LogP contribution in [0.3, 0.4) is 0 Å². The predicted octanol–water partition coefficient (Wildman–Crippen LogP) is 2.50. The molecule has 1 aromatic rings. The molecule has 0 heterocycles. The van der Waals surface area contributed by atoms with E-state index in [1.807, 2.05) is 51.1 Å². The fraction of sp³-hybridized carbons (Fsp3) is 0.417. The van der Waals surface area contributed by atoms with Crippen molar-refractivity contribution < 1.29 is 14.6 Å². The van der Waals surface area contributed by atoms with Gasteiger partial charge in [0.15, 0.2) is 0 Å². The standard InChI is InChI=1S/C12H16O3/c1-12(2,3)15-14-11(13)9-10-7-5-4-6-8-10/h4-8H,9H2,1-3H3. The fourth-order valence-electron chi connectivity index (χ4n) is 0.963. The Hall–Kier alpha value is -1.35. The van der Waals surface area contributed by atoms with Gasteiger partial charge in [0, 0.05) is 0 Å². The maximum Gasteiger partial charge on any atom is 0.346 e. The first-order valence-corrected chi connectivity index (χ1v) is 4.90. The van der Waals surface area contributed by atoms with Gasteiger partial charge in [0.05, 0.1) is 6.42 Å². The van der Waals surface area contributed by atoms with E-state index in [2.05, 4.69) is 4.89 Å². The lowest BCUT2D eigenvalue weighted by Gasteiger charge is -2.16. The van der Waals surface area contributed by atoms with Crippen LogP contribution in [0, 0.1) is 0 Å². The molecule has 1 rings (SSSR count). The van der Waals surface area contributed by atoms with Crippen LogP contribution >= 0.6 is 0 Å². The molecule has 3 nitrogen and oxygen atoms in total. The second-order valence-electron chi connectivity index (χ2n) is 4.31. The predicted molar refractivity (Wildman–Crippen MR) is 57.1 cm³/mol. The van der Waals surface area contributed by atoms with Crippen LogP contribution in [0.1, 0.15) is 26.3 Å². The Labute approximate surface area is 89.9 Å². The molecule has 0 aliphatic rings. The van der Waals surface area contributed by atoms with Crippen molar-refractivity contribution in [3.05, 3.63) is 35.9 Å². The van der Waals surface area contributed by atoms with Gasteiger partial charge in [-0.15, -0.1) is 0 Å². The van der Waals surface area contributed by atoms with E-state index in [-0.39, 0.29) is 12.4 Å². The number of rotatable bonds is 3. The van der Waals surface area contributed by atoms with Crippen LogP contribution in [0.25, 0.3) is 0 Å². The van der Waals surface area contributed by atoms with Crippen molar-refractivity contribution >= 4 is 5.97 Å². The summed E-state index contributed by atoms with van der Waals surface area (Å²) in [5.74, 6) is -0.379. The van der Waals surface area contributed by atoms with Crippen molar-refractivity contribution in [1.29, 1.82) is 0 Å². The van der Waals surface area contributed by atoms with Crippen molar-refractivity contribution in [1.82, 2.24) is 0 Å². The summed E-state index contributed by atoms with van der Waals surface area (Å²) in [7, 11) is 0. The molecule has 0 amide bonds. The van der Waals surface area contributed by atoms with Gasteiger partial charge < -0.3 is 0 Å². The van der Waals surface area contributed by atoms with Crippen molar-refractivity contribution in [2.45, 2.75) is 32.8 Å². The zero-order valence-electron chi connectivity index (χ0n) is 9.32. The summed E-state index contributed by atoms with van der Waals surface area (Å²) < 4.78 is 0. The first kappa shape index (κ1) is 11.7. The molecule has 0 atom stereocenters. The number of carbonyl (C=O) groups is 1. The molecule has 0 aliphatic carbocycles. The van der Waals surface area contributed by atoms with Crippen LogP contribution in [0.2, 0.25) is 0 Å². The molecular formula is C12H16O3. The minimum Gasteiger partial charge on any atom is -0.297 e. The van der Waals surface area contributed by atoms with E-state index >= 15 is 0 Å². The van der Waals surface area contributed by atoms with Gasteiger partial charge in [-0.1, -0.05) is 30.3 Å². The molecule has 0 fully saturated rings. The number of carbonyl (C=O) groups excluding carboxylic acids is 1. The van der Waals surface area contributed by atoms with Crippen molar-refractivity contribution in [2.24, 2.45) is 0 Å². The highest BCUT2D eigenvalue weighted by Crippen LogP contribution is 2.08. The summed E-state index contributed by atoms with van der Waals surface area (Å²) in [5.41, 5.74) is 0.451. The molecule has 0 aliphatic heterocycles. The third kappa shape index (κ3) is 5.18. The second-order valence-corrected chi connectivity index (χ2v) is 4.31. The minimum absolute atomic E-state index is 0.233. The monoisotopic (exact) mass is 208 g/mol. The van der Waals surface area contributed by atoms with Crippen LogP contribution < -0.4 is 0 Å². The van der Waals surface area contributed by atoms with Crippen molar-refractivity contribution in [2.75, 3.05) is 0 Å². The molecule has 1 aromatic carbocycles. The summed E-state index contributed by atoms with van der Waals surface area (Å²) in [6.45, 7) is 5.47. The summed E-state index contributed by atoms with van der Waals surface area (Å²) in [6, 6.07) is 9.41. The van der Waals surface area contributed by atoms with Crippen LogP contribution in [0.15, 0.2) is 30.3 Å². The molecule has 0 aromatic heterocycles. The molecule has 0 N–H and O–H groups in total. The summed E-state index contributed by atoms with van der Waals surface area (Å²) in [4.78, 5) is 20.9. The lowest BCUT2D eigenvalue weighted by atomic mass is 10.2. The van der Waals surface area contributed by atoms with E-state index < -0.39 is 5.60 Å². The number of benzene rings is 1. The highest BCUT2D eigenvalue weighted by Gasteiger charge is 2.15. The maximum absolute atomic E-state index is 11.3. The van der Waals surface area contributed by atoms with E-state index in [4.69, 9.17) is 4.89 Å². The van der Waals surface area contributed by atoms with Gasteiger partial charge in [-0.05, 0) is 26.3 Å². The lowest BCUT2D eigenvalue weighted by Crippen LogP contribution is -2.22. The van der Waals surface area contributed by atoms with Gasteiger partial charge in [-0.2, -0.15) is 4.89 Å². The Kier molecular flexibility index (Phi) is 3.86. The molecule has 3 heteroatoms. The van der Waals surface area contributed by atoms with Gasteiger partial charge in [0.2, 0.25) is 0 Å². The van der Waals surface area contributed by atoms with E-state index in [1.165, 1.54) is 0 Å². The van der Waals surface area contributed by atoms with Gasteiger partial charge >= 0.3 is 5.97 Å². The van der Waals surface area contributed by atoms with Gasteiger partial charge in [0.25, 0.3) is 0 Å². The Balaban J connectivity index is 2.38. The lowest BCUT2D eigenvalue weighted by molar-refractivity contribution is -0.320. The molecular weight excluding hydrogens is 192 g/mol. The molecule has 0 unspecified atom stereocenters. The fourth-order valence-corrected chi connectivity index (χ4v) is 0.963. The van der Waals surface area contributed by atoms with Crippen LogP contribution in [-0.2, 0) is 21.0 Å². The maximum atomic E-state index is 11.3. The molecule has 0 spiro atoms. The Morgan fingerprint density at radius 2 is 1.80 bits per heavy atom. The Morgan fingerprint density at radius 3 is 2.33 bits per heavy atom. The normalized spacial score (nSPS) is 11.1. The highest BCUT2D eigenvalue weighted by atomic mass is 17.2. The van der Waals surface area contributed by atoms with E-state index in [1.54, 1.807) is 0 Å². The average Bonchev–Trinajstić information content (AvgIpc) is 2.15.